The summed E-state index contributed by atoms with van der Waals surface area (Å²) in [5.41, 5.74) is 6.83. The Morgan fingerprint density at radius 1 is 0.973 bits per heavy atom. The van der Waals surface area contributed by atoms with Gasteiger partial charge in [0.2, 0.25) is 0 Å². The molecule has 0 saturated carbocycles. The first-order valence-electron chi connectivity index (χ1n) is 12.5. The smallest absolute Gasteiger partial charge is 0.134 e. The van der Waals surface area contributed by atoms with E-state index in [4.69, 9.17) is 21.3 Å². The molecule has 5 heteroatoms. The first-order valence-corrected chi connectivity index (χ1v) is 13.6. The lowest BCUT2D eigenvalue weighted by Crippen LogP contribution is -2.28. The number of fused-ring (bicyclic) bond motifs is 3. The molecule has 3 nitrogen and oxygen atoms in total. The lowest BCUT2D eigenvalue weighted by molar-refractivity contribution is 0.304. The summed E-state index contributed by atoms with van der Waals surface area (Å²) in [6, 6.07) is 31.2. The molecule has 1 N–H and O–H groups in total. The van der Waals surface area contributed by atoms with Crippen LogP contribution >= 0.6 is 27.5 Å². The van der Waals surface area contributed by atoms with E-state index in [1.54, 1.807) is 0 Å². The number of hydrogen-bond donors (Lipinski definition) is 1. The zero-order valence-electron chi connectivity index (χ0n) is 20.1. The normalized spacial score (nSPS) is 19.9. The number of anilines is 1. The summed E-state index contributed by atoms with van der Waals surface area (Å²) in [6.07, 6.45) is 7.68. The molecule has 6 rings (SSSR count). The lowest BCUT2D eigenvalue weighted by Gasteiger charge is -2.37. The van der Waals surface area contributed by atoms with Crippen LogP contribution in [-0.4, -0.2) is 6.21 Å². The van der Waals surface area contributed by atoms with Crippen molar-refractivity contribution in [1.82, 2.24) is 0 Å². The molecule has 184 valence electrons. The number of para-hydroxylation sites is 1. The van der Waals surface area contributed by atoms with E-state index in [1.165, 1.54) is 16.8 Å². The van der Waals surface area contributed by atoms with Crippen molar-refractivity contribution in [1.29, 1.82) is 0 Å². The number of ether oxygens (including phenoxy) is 1. The molecule has 0 radical (unpaired) electrons. The maximum absolute atomic E-state index is 6.24. The Balaban J connectivity index is 1.13. The molecule has 1 aliphatic heterocycles. The molecule has 1 aliphatic carbocycles. The number of nitrogens with zero attached hydrogens (tertiary/aromatic N) is 1. The number of rotatable bonds is 6. The highest BCUT2D eigenvalue weighted by Gasteiger charge is 2.37. The zero-order chi connectivity index (χ0) is 25.2. The van der Waals surface area contributed by atoms with Gasteiger partial charge in [0.1, 0.15) is 12.4 Å². The Kier molecular flexibility index (Phi) is 6.86. The third kappa shape index (κ3) is 5.09. The van der Waals surface area contributed by atoms with Gasteiger partial charge in [0, 0.05) is 28.4 Å². The number of nitrogens with one attached hydrogen (secondary N) is 1. The van der Waals surface area contributed by atoms with Gasteiger partial charge in [0.05, 0.1) is 16.2 Å². The minimum Gasteiger partial charge on any atom is -0.488 e. The van der Waals surface area contributed by atoms with Crippen molar-refractivity contribution in [2.45, 2.75) is 25.0 Å². The van der Waals surface area contributed by atoms with Crippen LogP contribution in [0.1, 0.15) is 40.6 Å². The van der Waals surface area contributed by atoms with E-state index >= 15 is 0 Å². The second-order valence-corrected chi connectivity index (χ2v) is 10.7. The van der Waals surface area contributed by atoms with E-state index in [0.717, 1.165) is 33.5 Å². The highest BCUT2D eigenvalue weighted by Crippen LogP contribution is 2.49. The van der Waals surface area contributed by atoms with Gasteiger partial charge in [0.25, 0.3) is 0 Å². The second-order valence-electron chi connectivity index (χ2n) is 9.48. The number of allylic oxidation sites excluding steroid dienone is 2. The van der Waals surface area contributed by atoms with Gasteiger partial charge in [-0.15, -0.1) is 0 Å². The van der Waals surface area contributed by atoms with Gasteiger partial charge in [0.15, 0.2) is 0 Å². The van der Waals surface area contributed by atoms with E-state index in [9.17, 15) is 0 Å². The monoisotopic (exact) mass is 568 g/mol. The maximum atomic E-state index is 6.24. The average Bonchev–Trinajstić information content (AvgIpc) is 3.43. The molecule has 0 aromatic heterocycles. The molecule has 0 unspecified atom stereocenters. The molecule has 1 heterocycles. The molecular weight excluding hydrogens is 544 g/mol. The quantitative estimate of drug-likeness (QED) is 0.185. The summed E-state index contributed by atoms with van der Waals surface area (Å²) >= 11 is 9.86. The van der Waals surface area contributed by atoms with Crippen LogP contribution in [0.5, 0.6) is 5.75 Å². The Hall–Kier alpha value is -3.34. The number of benzene rings is 4. The summed E-state index contributed by atoms with van der Waals surface area (Å²) in [7, 11) is 0. The first kappa shape index (κ1) is 24.0. The van der Waals surface area contributed by atoms with E-state index in [-0.39, 0.29) is 0 Å². The van der Waals surface area contributed by atoms with Crippen molar-refractivity contribution in [3.05, 3.63) is 135 Å². The molecule has 0 fully saturated rings. The summed E-state index contributed by atoms with van der Waals surface area (Å²) in [5.74, 6) is 1.79. The van der Waals surface area contributed by atoms with Crippen LogP contribution in [0.25, 0.3) is 0 Å². The van der Waals surface area contributed by atoms with Crippen LogP contribution in [0.15, 0.2) is 113 Å². The van der Waals surface area contributed by atoms with E-state index in [2.05, 4.69) is 81.9 Å². The van der Waals surface area contributed by atoms with Crippen LogP contribution in [0, 0.1) is 5.92 Å². The van der Waals surface area contributed by atoms with Gasteiger partial charge in [-0.3, -0.25) is 4.99 Å². The van der Waals surface area contributed by atoms with Crippen molar-refractivity contribution in [2.75, 3.05) is 5.32 Å². The fourth-order valence-corrected chi connectivity index (χ4v) is 5.98. The Labute approximate surface area is 231 Å². The lowest BCUT2D eigenvalue weighted by atomic mass is 9.77. The van der Waals surface area contributed by atoms with E-state index < -0.39 is 0 Å². The van der Waals surface area contributed by atoms with Crippen molar-refractivity contribution in [3.63, 3.8) is 0 Å². The Morgan fingerprint density at radius 3 is 2.62 bits per heavy atom. The third-order valence-electron chi connectivity index (χ3n) is 7.18. The molecule has 0 bridgehead atoms. The van der Waals surface area contributed by atoms with Crippen LogP contribution in [0.3, 0.4) is 0 Å². The molecule has 0 amide bonds. The van der Waals surface area contributed by atoms with Crippen LogP contribution in [-0.2, 0) is 6.61 Å². The largest absolute Gasteiger partial charge is 0.488 e. The minimum absolute atomic E-state index is 0.294. The van der Waals surface area contributed by atoms with E-state index in [0.29, 0.717) is 29.5 Å². The predicted octanol–water partition coefficient (Wildman–Crippen LogP) is 9.26. The maximum Gasteiger partial charge on any atom is 0.134 e. The molecule has 2 aliphatic rings. The molecule has 4 aromatic rings. The van der Waals surface area contributed by atoms with Crippen LogP contribution in [0.2, 0.25) is 5.02 Å². The summed E-state index contributed by atoms with van der Waals surface area (Å²) in [6.45, 7) is 0.414. The highest BCUT2D eigenvalue weighted by atomic mass is 79.9. The number of aliphatic imine (C=N–C) groups is 1. The van der Waals surface area contributed by atoms with Gasteiger partial charge >= 0.3 is 0 Å². The topological polar surface area (TPSA) is 33.6 Å². The van der Waals surface area contributed by atoms with Crippen LogP contribution < -0.4 is 10.1 Å². The summed E-state index contributed by atoms with van der Waals surface area (Å²) < 4.78 is 6.83. The van der Waals surface area contributed by atoms with Gasteiger partial charge < -0.3 is 10.1 Å². The van der Waals surface area contributed by atoms with Crippen LogP contribution in [0.4, 0.5) is 11.4 Å². The summed E-state index contributed by atoms with van der Waals surface area (Å²) in [4.78, 5) is 4.70. The predicted molar refractivity (Wildman–Crippen MR) is 156 cm³/mol. The van der Waals surface area contributed by atoms with Crippen molar-refractivity contribution >= 4 is 45.1 Å². The molecule has 37 heavy (non-hydrogen) atoms. The van der Waals surface area contributed by atoms with Gasteiger partial charge in [-0.2, -0.15) is 0 Å². The molecule has 0 saturated heterocycles. The number of halogens is 2. The third-order valence-corrected chi connectivity index (χ3v) is 8.17. The molecule has 4 aromatic carbocycles. The molecule has 0 spiro atoms. The van der Waals surface area contributed by atoms with Gasteiger partial charge in [-0.1, -0.05) is 72.3 Å². The highest BCUT2D eigenvalue weighted by molar-refractivity contribution is 9.10. The van der Waals surface area contributed by atoms with Crippen molar-refractivity contribution in [2.24, 2.45) is 10.9 Å². The fourth-order valence-electron chi connectivity index (χ4n) is 5.28. The molecular formula is C32H26BrClN2O. The second kappa shape index (κ2) is 10.6. The van der Waals surface area contributed by atoms with Crippen molar-refractivity contribution in [3.8, 4) is 5.75 Å². The van der Waals surface area contributed by atoms with Gasteiger partial charge in [-0.05, 0) is 87.4 Å². The number of hydrogen-bond acceptors (Lipinski definition) is 3. The minimum atomic E-state index is 0.294. The zero-order valence-corrected chi connectivity index (χ0v) is 22.5. The fraction of sp³-hybridized carbons (Fsp3) is 0.156. The Morgan fingerprint density at radius 2 is 1.78 bits per heavy atom. The van der Waals surface area contributed by atoms with Crippen molar-refractivity contribution < 1.29 is 4.74 Å². The summed E-state index contributed by atoms with van der Waals surface area (Å²) in [5, 5.41) is 4.50. The first-order chi connectivity index (χ1) is 18.2. The SMILES string of the molecule is Clc1ccccc1COc1ccc(C=Nc2ccc([C@@H]3Nc4ccccc4[C@H]4C=CC[C@@H]43)cc2)cc1Br. The van der Waals surface area contributed by atoms with E-state index in [1.807, 2.05) is 48.7 Å². The molecule has 3 atom stereocenters. The Bertz CT molecular complexity index is 1480. The van der Waals surface area contributed by atoms with Gasteiger partial charge in [-0.25, -0.2) is 0 Å². The average molecular weight is 570 g/mol. The standard InChI is InChI=1S/C32H26BrClN2O/c33-28-18-21(12-17-31(28)37-20-23-6-1-3-10-29(23)34)19-35-24-15-13-22(14-16-24)32-27-9-5-8-25(27)26-7-2-4-11-30(26)36-32/h1-8,10-19,25,27,32,36H,9,20H2/t25-,27+,32+/m1/s1.